The number of nitrogens with one attached hydrogen (secondary N) is 1. The van der Waals surface area contributed by atoms with E-state index in [1.54, 1.807) is 0 Å². The second-order valence-electron chi connectivity index (χ2n) is 4.88. The minimum absolute atomic E-state index is 0.126. The summed E-state index contributed by atoms with van der Waals surface area (Å²) in [5.41, 5.74) is 0.803. The summed E-state index contributed by atoms with van der Waals surface area (Å²) in [6.07, 6.45) is 0.334. The number of carbonyl (C=O) groups is 2. The molecule has 1 aliphatic heterocycles. The molecule has 1 aliphatic rings. The number of imide groups is 1. The molecule has 1 fully saturated rings. The molecule has 1 unspecified atom stereocenters. The second kappa shape index (κ2) is 5.30. The minimum atomic E-state index is -0.464. The summed E-state index contributed by atoms with van der Waals surface area (Å²) < 4.78 is 5.54. The van der Waals surface area contributed by atoms with Crippen molar-refractivity contribution in [1.82, 2.24) is 4.90 Å². The van der Waals surface area contributed by atoms with Gasteiger partial charge in [0.2, 0.25) is 5.91 Å². The summed E-state index contributed by atoms with van der Waals surface area (Å²) in [5.74, 6) is 0.446. The van der Waals surface area contributed by atoms with Gasteiger partial charge < -0.3 is 10.1 Å². The van der Waals surface area contributed by atoms with Gasteiger partial charge in [-0.3, -0.25) is 14.5 Å². The van der Waals surface area contributed by atoms with E-state index in [1.807, 2.05) is 38.1 Å². The highest BCUT2D eigenvalue weighted by atomic mass is 16.5. The molecular formula is C14H18N2O3. The number of nitrogens with zero attached hydrogens (tertiary/aromatic N) is 1. The van der Waals surface area contributed by atoms with Gasteiger partial charge in [-0.2, -0.15) is 0 Å². The van der Waals surface area contributed by atoms with Crippen molar-refractivity contribution in [2.75, 3.05) is 12.4 Å². The monoisotopic (exact) mass is 262 g/mol. The summed E-state index contributed by atoms with van der Waals surface area (Å²) in [6.45, 7) is 3.93. The summed E-state index contributed by atoms with van der Waals surface area (Å²) in [7, 11) is 1.51. The third kappa shape index (κ3) is 3.05. The van der Waals surface area contributed by atoms with Crippen LogP contribution in [0, 0.1) is 0 Å². The van der Waals surface area contributed by atoms with Gasteiger partial charge in [0, 0.05) is 12.7 Å². The first-order valence-corrected chi connectivity index (χ1v) is 6.31. The molecule has 1 aromatic carbocycles. The van der Waals surface area contributed by atoms with E-state index in [2.05, 4.69) is 5.32 Å². The molecule has 1 saturated heterocycles. The number of likely N-dealkylation sites (tertiary alicyclic amines) is 1. The van der Waals surface area contributed by atoms with Gasteiger partial charge in [-0.1, -0.05) is 0 Å². The number of amides is 2. The lowest BCUT2D eigenvalue weighted by molar-refractivity contribution is -0.136. The van der Waals surface area contributed by atoms with Crippen molar-refractivity contribution in [1.29, 1.82) is 0 Å². The largest absolute Gasteiger partial charge is 0.491 e. The fourth-order valence-corrected chi connectivity index (χ4v) is 1.97. The molecule has 0 aromatic heterocycles. The fourth-order valence-electron chi connectivity index (χ4n) is 1.97. The quantitative estimate of drug-likeness (QED) is 0.838. The Labute approximate surface area is 112 Å². The Kier molecular flexibility index (Phi) is 3.74. The molecule has 0 bridgehead atoms. The van der Waals surface area contributed by atoms with Gasteiger partial charge in [0.15, 0.2) is 0 Å². The zero-order chi connectivity index (χ0) is 14.0. The number of carbonyl (C=O) groups excluding carboxylic acids is 2. The van der Waals surface area contributed by atoms with Gasteiger partial charge in [0.1, 0.15) is 11.8 Å². The number of ether oxygens (including phenoxy) is 1. The van der Waals surface area contributed by atoms with Crippen LogP contribution in [0.2, 0.25) is 0 Å². The Morgan fingerprint density at radius 1 is 1.26 bits per heavy atom. The van der Waals surface area contributed by atoms with Gasteiger partial charge in [-0.15, -0.1) is 0 Å². The fraction of sp³-hybridized carbons (Fsp3) is 0.429. The smallest absolute Gasteiger partial charge is 0.251 e. The topological polar surface area (TPSA) is 58.6 Å². The maximum absolute atomic E-state index is 11.8. The van der Waals surface area contributed by atoms with Crippen LogP contribution in [0.4, 0.5) is 5.69 Å². The Hall–Kier alpha value is -2.04. The van der Waals surface area contributed by atoms with E-state index in [0.29, 0.717) is 0 Å². The van der Waals surface area contributed by atoms with Crippen molar-refractivity contribution < 1.29 is 14.3 Å². The summed E-state index contributed by atoms with van der Waals surface area (Å²) in [6, 6.07) is 6.90. The predicted molar refractivity (Wildman–Crippen MR) is 72.0 cm³/mol. The van der Waals surface area contributed by atoms with Crippen LogP contribution in [-0.2, 0) is 9.59 Å². The molecule has 5 heteroatoms. The molecule has 2 amide bonds. The lowest BCUT2D eigenvalue weighted by Gasteiger charge is -2.14. The Morgan fingerprint density at radius 2 is 1.89 bits per heavy atom. The standard InChI is InChI=1S/C14H18N2O3/c1-9(2)19-11-6-4-10(5-7-11)15-12-8-13(17)16(3)14(12)18/h4-7,9,12,15H,8H2,1-3H3. The highest BCUT2D eigenvalue weighted by molar-refractivity contribution is 6.06. The molecule has 1 heterocycles. The van der Waals surface area contributed by atoms with Crippen molar-refractivity contribution in [2.45, 2.75) is 32.4 Å². The molecule has 5 nitrogen and oxygen atoms in total. The lowest BCUT2D eigenvalue weighted by atomic mass is 10.2. The average Bonchev–Trinajstić information content (AvgIpc) is 2.59. The van der Waals surface area contributed by atoms with Crippen LogP contribution >= 0.6 is 0 Å². The van der Waals surface area contributed by atoms with E-state index in [0.717, 1.165) is 16.3 Å². The van der Waals surface area contributed by atoms with Crippen LogP contribution in [-0.4, -0.2) is 35.9 Å². The molecule has 19 heavy (non-hydrogen) atoms. The van der Waals surface area contributed by atoms with Crippen molar-refractivity contribution >= 4 is 17.5 Å². The van der Waals surface area contributed by atoms with Gasteiger partial charge in [0.25, 0.3) is 5.91 Å². The average molecular weight is 262 g/mol. The molecule has 102 valence electrons. The van der Waals surface area contributed by atoms with Crippen molar-refractivity contribution in [3.8, 4) is 5.75 Å². The molecule has 0 radical (unpaired) electrons. The zero-order valence-corrected chi connectivity index (χ0v) is 11.3. The van der Waals surface area contributed by atoms with E-state index >= 15 is 0 Å². The van der Waals surface area contributed by atoms with Gasteiger partial charge in [-0.05, 0) is 38.1 Å². The predicted octanol–water partition coefficient (Wildman–Crippen LogP) is 1.64. The Balaban J connectivity index is 2.00. The van der Waals surface area contributed by atoms with Gasteiger partial charge in [0.05, 0.1) is 12.5 Å². The van der Waals surface area contributed by atoms with Crippen LogP contribution in [0.3, 0.4) is 0 Å². The third-order valence-corrected chi connectivity index (χ3v) is 2.95. The van der Waals surface area contributed by atoms with Gasteiger partial charge in [-0.25, -0.2) is 0 Å². The SMILES string of the molecule is CC(C)Oc1ccc(NC2CC(=O)N(C)C2=O)cc1. The molecular weight excluding hydrogens is 244 g/mol. The maximum Gasteiger partial charge on any atom is 0.251 e. The number of rotatable bonds is 4. The van der Waals surface area contributed by atoms with Crippen LogP contribution < -0.4 is 10.1 Å². The van der Waals surface area contributed by atoms with E-state index in [-0.39, 0.29) is 24.3 Å². The van der Waals surface area contributed by atoms with E-state index in [4.69, 9.17) is 4.74 Å². The zero-order valence-electron chi connectivity index (χ0n) is 11.3. The van der Waals surface area contributed by atoms with Crippen molar-refractivity contribution in [3.05, 3.63) is 24.3 Å². The highest BCUT2D eigenvalue weighted by Gasteiger charge is 2.35. The maximum atomic E-state index is 11.8. The normalized spacial score (nSPS) is 19.2. The molecule has 2 rings (SSSR count). The first-order valence-electron chi connectivity index (χ1n) is 6.31. The first-order chi connectivity index (χ1) is 8.97. The summed E-state index contributed by atoms with van der Waals surface area (Å²) in [5, 5.41) is 3.06. The third-order valence-electron chi connectivity index (χ3n) is 2.95. The molecule has 0 spiro atoms. The van der Waals surface area contributed by atoms with Crippen LogP contribution in [0.15, 0.2) is 24.3 Å². The summed E-state index contributed by atoms with van der Waals surface area (Å²) in [4.78, 5) is 24.3. The van der Waals surface area contributed by atoms with Gasteiger partial charge >= 0.3 is 0 Å². The van der Waals surface area contributed by atoms with E-state index in [9.17, 15) is 9.59 Å². The molecule has 1 aromatic rings. The highest BCUT2D eigenvalue weighted by Crippen LogP contribution is 2.20. The molecule has 1 atom stereocenters. The second-order valence-corrected chi connectivity index (χ2v) is 4.88. The Bertz CT molecular complexity index is 482. The van der Waals surface area contributed by atoms with Crippen LogP contribution in [0.25, 0.3) is 0 Å². The molecule has 1 N–H and O–H groups in total. The summed E-state index contributed by atoms with van der Waals surface area (Å²) >= 11 is 0. The Morgan fingerprint density at radius 3 is 2.37 bits per heavy atom. The first kappa shape index (κ1) is 13.4. The number of likely N-dealkylation sites (N-methyl/N-ethyl adjacent to an activating group) is 1. The number of hydrogen-bond acceptors (Lipinski definition) is 4. The molecule has 0 aliphatic carbocycles. The number of anilines is 1. The van der Waals surface area contributed by atoms with Crippen molar-refractivity contribution in [3.63, 3.8) is 0 Å². The minimum Gasteiger partial charge on any atom is -0.491 e. The van der Waals surface area contributed by atoms with E-state index < -0.39 is 6.04 Å². The number of hydrogen-bond donors (Lipinski definition) is 1. The number of benzene rings is 1. The lowest BCUT2D eigenvalue weighted by Crippen LogP contribution is -2.31. The van der Waals surface area contributed by atoms with Crippen molar-refractivity contribution in [2.24, 2.45) is 0 Å². The van der Waals surface area contributed by atoms with Crippen LogP contribution in [0.1, 0.15) is 20.3 Å². The van der Waals surface area contributed by atoms with E-state index in [1.165, 1.54) is 7.05 Å². The van der Waals surface area contributed by atoms with Crippen LogP contribution in [0.5, 0.6) is 5.75 Å². The molecule has 0 saturated carbocycles.